The van der Waals surface area contributed by atoms with Gasteiger partial charge in [0.1, 0.15) is 6.61 Å². The minimum absolute atomic E-state index is 0.0298. The molecule has 0 bridgehead atoms. The van der Waals surface area contributed by atoms with Crippen LogP contribution in [-0.2, 0) is 14.3 Å². The topological polar surface area (TPSA) is 79.5 Å². The second-order valence-electron chi connectivity index (χ2n) is 5.58. The molecule has 1 rings (SSSR count). The van der Waals surface area contributed by atoms with Crippen LogP contribution in [0.4, 0.5) is 0 Å². The molecular weight excluding hydrogens is 234 g/mol. The summed E-state index contributed by atoms with van der Waals surface area (Å²) in [5, 5.41) is 8.38. The molecular formula is C12H23N3O3. The molecule has 0 unspecified atom stereocenters. The molecule has 1 aliphatic rings. The predicted octanol–water partition coefficient (Wildman–Crippen LogP) is -0.747. The SMILES string of the molecule is CNC(=O)C(C)(C)CNC(=O)COC1(C)CNC1. The maximum absolute atomic E-state index is 11.6. The average Bonchev–Trinajstić information content (AvgIpc) is 2.30. The van der Waals surface area contributed by atoms with Crippen LogP contribution in [0.25, 0.3) is 0 Å². The van der Waals surface area contributed by atoms with Crippen molar-refractivity contribution in [2.45, 2.75) is 26.4 Å². The maximum Gasteiger partial charge on any atom is 0.246 e. The van der Waals surface area contributed by atoms with Crippen LogP contribution < -0.4 is 16.0 Å². The Morgan fingerprint density at radius 3 is 2.44 bits per heavy atom. The van der Waals surface area contributed by atoms with E-state index in [-0.39, 0.29) is 24.0 Å². The number of hydrogen-bond donors (Lipinski definition) is 3. The third-order valence-electron chi connectivity index (χ3n) is 3.12. The normalized spacial score (nSPS) is 17.8. The lowest BCUT2D eigenvalue weighted by Gasteiger charge is -2.38. The Hall–Kier alpha value is -1.14. The molecule has 1 aliphatic heterocycles. The monoisotopic (exact) mass is 257 g/mol. The van der Waals surface area contributed by atoms with Crippen molar-refractivity contribution in [1.29, 1.82) is 0 Å². The fraction of sp³-hybridized carbons (Fsp3) is 0.833. The van der Waals surface area contributed by atoms with Gasteiger partial charge in [-0.3, -0.25) is 9.59 Å². The van der Waals surface area contributed by atoms with E-state index in [1.807, 2.05) is 6.92 Å². The summed E-state index contributed by atoms with van der Waals surface area (Å²) >= 11 is 0. The predicted molar refractivity (Wildman–Crippen MR) is 68.1 cm³/mol. The van der Waals surface area contributed by atoms with Crippen LogP contribution in [0.1, 0.15) is 20.8 Å². The second-order valence-corrected chi connectivity index (χ2v) is 5.58. The summed E-state index contributed by atoms with van der Waals surface area (Å²) in [5.41, 5.74) is -0.847. The minimum Gasteiger partial charge on any atom is -0.363 e. The van der Waals surface area contributed by atoms with E-state index in [1.165, 1.54) is 0 Å². The van der Waals surface area contributed by atoms with Crippen molar-refractivity contribution in [3.63, 3.8) is 0 Å². The van der Waals surface area contributed by atoms with E-state index in [9.17, 15) is 9.59 Å². The Morgan fingerprint density at radius 1 is 1.39 bits per heavy atom. The summed E-state index contributed by atoms with van der Waals surface area (Å²) < 4.78 is 5.50. The molecule has 0 atom stereocenters. The van der Waals surface area contributed by atoms with Crippen molar-refractivity contribution in [3.05, 3.63) is 0 Å². The second kappa shape index (κ2) is 5.67. The van der Waals surface area contributed by atoms with Crippen LogP contribution in [0.5, 0.6) is 0 Å². The molecule has 3 N–H and O–H groups in total. The van der Waals surface area contributed by atoms with E-state index in [2.05, 4.69) is 16.0 Å². The Morgan fingerprint density at radius 2 is 2.00 bits per heavy atom. The zero-order valence-corrected chi connectivity index (χ0v) is 11.6. The number of rotatable bonds is 6. The molecule has 18 heavy (non-hydrogen) atoms. The number of carbonyl (C=O) groups excluding carboxylic acids is 2. The molecule has 1 heterocycles. The summed E-state index contributed by atoms with van der Waals surface area (Å²) in [6.45, 7) is 7.39. The largest absolute Gasteiger partial charge is 0.363 e. The van der Waals surface area contributed by atoms with Crippen LogP contribution in [0.3, 0.4) is 0 Å². The van der Waals surface area contributed by atoms with Crippen molar-refractivity contribution in [2.75, 3.05) is 33.3 Å². The highest BCUT2D eigenvalue weighted by Gasteiger charge is 2.33. The van der Waals surface area contributed by atoms with Crippen LogP contribution in [0.2, 0.25) is 0 Å². The maximum atomic E-state index is 11.6. The lowest BCUT2D eigenvalue weighted by atomic mass is 9.92. The minimum atomic E-state index is -0.619. The highest BCUT2D eigenvalue weighted by Crippen LogP contribution is 2.15. The van der Waals surface area contributed by atoms with Crippen molar-refractivity contribution >= 4 is 11.8 Å². The van der Waals surface area contributed by atoms with Crippen molar-refractivity contribution in [1.82, 2.24) is 16.0 Å². The van der Waals surface area contributed by atoms with Crippen LogP contribution in [0.15, 0.2) is 0 Å². The van der Waals surface area contributed by atoms with E-state index in [0.29, 0.717) is 6.54 Å². The summed E-state index contributed by atoms with van der Waals surface area (Å²) in [5.74, 6) is -0.293. The van der Waals surface area contributed by atoms with Crippen molar-refractivity contribution in [2.24, 2.45) is 5.41 Å². The Balaban J connectivity index is 2.26. The van der Waals surface area contributed by atoms with E-state index >= 15 is 0 Å². The lowest BCUT2D eigenvalue weighted by molar-refractivity contribution is -0.137. The van der Waals surface area contributed by atoms with Gasteiger partial charge in [-0.05, 0) is 20.8 Å². The Bertz CT molecular complexity index is 325. The lowest BCUT2D eigenvalue weighted by Crippen LogP contribution is -2.59. The third kappa shape index (κ3) is 3.96. The van der Waals surface area contributed by atoms with E-state index in [4.69, 9.17) is 4.74 Å². The molecule has 0 radical (unpaired) electrons. The van der Waals surface area contributed by atoms with Gasteiger partial charge in [0.15, 0.2) is 0 Å². The summed E-state index contributed by atoms with van der Waals surface area (Å²) in [6, 6.07) is 0. The number of ether oxygens (including phenoxy) is 1. The zero-order chi connectivity index (χ0) is 13.8. The number of carbonyl (C=O) groups is 2. The van der Waals surface area contributed by atoms with Gasteiger partial charge >= 0.3 is 0 Å². The molecule has 1 fully saturated rings. The molecule has 6 nitrogen and oxygen atoms in total. The number of hydrogen-bond acceptors (Lipinski definition) is 4. The van der Waals surface area contributed by atoms with Crippen molar-refractivity contribution < 1.29 is 14.3 Å². The first-order valence-corrected chi connectivity index (χ1v) is 6.13. The first kappa shape index (κ1) is 14.9. The van der Waals surface area contributed by atoms with E-state index in [1.54, 1.807) is 20.9 Å². The van der Waals surface area contributed by atoms with Crippen LogP contribution in [-0.4, -0.2) is 50.7 Å². The molecule has 104 valence electrons. The quantitative estimate of drug-likeness (QED) is 0.585. The molecule has 0 aromatic rings. The first-order chi connectivity index (χ1) is 8.29. The van der Waals surface area contributed by atoms with Crippen LogP contribution >= 0.6 is 0 Å². The molecule has 0 aromatic heterocycles. The van der Waals surface area contributed by atoms with E-state index < -0.39 is 5.41 Å². The third-order valence-corrected chi connectivity index (χ3v) is 3.12. The van der Waals surface area contributed by atoms with Crippen molar-refractivity contribution in [3.8, 4) is 0 Å². The average molecular weight is 257 g/mol. The zero-order valence-electron chi connectivity index (χ0n) is 11.6. The molecule has 0 saturated carbocycles. The number of nitrogens with one attached hydrogen (secondary N) is 3. The smallest absolute Gasteiger partial charge is 0.246 e. The van der Waals surface area contributed by atoms with Gasteiger partial charge in [-0.2, -0.15) is 0 Å². The van der Waals surface area contributed by atoms with Gasteiger partial charge < -0.3 is 20.7 Å². The van der Waals surface area contributed by atoms with Gasteiger partial charge in [0.2, 0.25) is 11.8 Å². The molecule has 1 saturated heterocycles. The fourth-order valence-corrected chi connectivity index (χ4v) is 1.61. The standard InChI is InChI=1S/C12H23N3O3/c1-11(2,10(17)13-4)6-15-9(16)5-18-12(3)7-14-8-12/h14H,5-8H2,1-4H3,(H,13,17)(H,15,16). The summed E-state index contributed by atoms with van der Waals surface area (Å²) in [4.78, 5) is 23.1. The Kier molecular flexibility index (Phi) is 4.70. The fourth-order valence-electron chi connectivity index (χ4n) is 1.61. The molecule has 2 amide bonds. The first-order valence-electron chi connectivity index (χ1n) is 6.13. The van der Waals surface area contributed by atoms with E-state index in [0.717, 1.165) is 13.1 Å². The molecule has 0 aliphatic carbocycles. The van der Waals surface area contributed by atoms with Gasteiger partial charge in [-0.15, -0.1) is 0 Å². The molecule has 0 spiro atoms. The molecule has 6 heteroatoms. The molecule has 0 aromatic carbocycles. The van der Waals surface area contributed by atoms with Gasteiger partial charge in [-0.25, -0.2) is 0 Å². The van der Waals surface area contributed by atoms with Crippen LogP contribution in [0, 0.1) is 5.41 Å². The van der Waals surface area contributed by atoms with Gasteiger partial charge in [0.25, 0.3) is 0 Å². The van der Waals surface area contributed by atoms with Gasteiger partial charge in [-0.1, -0.05) is 0 Å². The van der Waals surface area contributed by atoms with Gasteiger partial charge in [0, 0.05) is 26.7 Å². The van der Waals surface area contributed by atoms with Gasteiger partial charge in [0.05, 0.1) is 11.0 Å². The summed E-state index contributed by atoms with van der Waals surface area (Å²) in [6.07, 6.45) is 0. The highest BCUT2D eigenvalue weighted by molar-refractivity contribution is 5.83. The number of amides is 2. The highest BCUT2D eigenvalue weighted by atomic mass is 16.5. The Labute approximate surface area is 108 Å². The summed E-state index contributed by atoms with van der Waals surface area (Å²) in [7, 11) is 1.58.